The van der Waals surface area contributed by atoms with E-state index in [4.69, 9.17) is 0 Å². The zero-order valence-corrected chi connectivity index (χ0v) is 18.6. The predicted octanol–water partition coefficient (Wildman–Crippen LogP) is 3.85. The number of likely N-dealkylation sites (tertiary alicyclic amines) is 1. The number of hydrogen-bond donors (Lipinski definition) is 1. The Balaban J connectivity index is 1.40. The van der Waals surface area contributed by atoms with Crippen LogP contribution in [0, 0.1) is 0 Å². The number of hydrogen-bond acceptors (Lipinski definition) is 5. The first-order valence-corrected chi connectivity index (χ1v) is 12.5. The van der Waals surface area contributed by atoms with Crippen molar-refractivity contribution in [1.29, 1.82) is 0 Å². The third-order valence-corrected chi connectivity index (χ3v) is 8.21. The van der Waals surface area contributed by atoms with E-state index in [9.17, 15) is 8.42 Å². The quantitative estimate of drug-likeness (QED) is 0.726. The molecule has 4 rings (SSSR count). The summed E-state index contributed by atoms with van der Waals surface area (Å²) in [5.41, 5.74) is 2.60. The number of sulfonamides is 1. The Bertz CT molecular complexity index is 940. The van der Waals surface area contributed by atoms with Gasteiger partial charge in [-0.2, -0.15) is 4.31 Å². The second kappa shape index (κ2) is 9.45. The Hall–Kier alpha value is -1.96. The summed E-state index contributed by atoms with van der Waals surface area (Å²) in [6.45, 7) is 6.34. The van der Waals surface area contributed by atoms with Crippen LogP contribution in [0.2, 0.25) is 0 Å². The van der Waals surface area contributed by atoms with Gasteiger partial charge in [0.2, 0.25) is 10.0 Å². The van der Waals surface area contributed by atoms with Crippen molar-refractivity contribution in [2.24, 2.45) is 0 Å². The molecule has 2 aromatic rings. The zero-order valence-electron chi connectivity index (χ0n) is 17.8. The lowest BCUT2D eigenvalue weighted by Crippen LogP contribution is -2.37. The van der Waals surface area contributed by atoms with Gasteiger partial charge in [0.05, 0.1) is 0 Å². The summed E-state index contributed by atoms with van der Waals surface area (Å²) in [5, 5.41) is 3.36. The lowest BCUT2D eigenvalue weighted by molar-refractivity contribution is 0.152. The van der Waals surface area contributed by atoms with Crippen LogP contribution in [0.15, 0.2) is 47.5 Å². The third-order valence-electron chi connectivity index (χ3n) is 6.33. The highest BCUT2D eigenvalue weighted by Gasteiger charge is 2.27. The fraction of sp³-hybridized carbons (Fsp3) is 0.522. The molecule has 30 heavy (non-hydrogen) atoms. The molecule has 0 spiro atoms. The first-order chi connectivity index (χ1) is 14.5. The van der Waals surface area contributed by atoms with Crippen molar-refractivity contribution in [2.75, 3.05) is 25.0 Å². The number of aromatic nitrogens is 1. The maximum Gasteiger partial charge on any atom is 0.244 e. The van der Waals surface area contributed by atoms with Gasteiger partial charge in [-0.3, -0.25) is 4.90 Å². The van der Waals surface area contributed by atoms with Crippen LogP contribution in [0.3, 0.4) is 0 Å². The van der Waals surface area contributed by atoms with E-state index < -0.39 is 10.0 Å². The van der Waals surface area contributed by atoms with E-state index in [-0.39, 0.29) is 4.90 Å². The minimum atomic E-state index is -3.41. The number of nitrogens with zero attached hydrogens (tertiary/aromatic N) is 3. The van der Waals surface area contributed by atoms with Gasteiger partial charge in [-0.25, -0.2) is 13.4 Å². The number of rotatable bonds is 7. The van der Waals surface area contributed by atoms with Gasteiger partial charge in [0.25, 0.3) is 0 Å². The molecular weight excluding hydrogens is 396 g/mol. The molecule has 6 nitrogen and oxygen atoms in total. The molecule has 3 heterocycles. The maximum absolute atomic E-state index is 12.6. The molecular formula is C23H32N4O2S. The smallest absolute Gasteiger partial charge is 0.244 e. The van der Waals surface area contributed by atoms with Crippen molar-refractivity contribution in [3.05, 3.63) is 53.7 Å². The molecule has 1 atom stereocenters. The van der Waals surface area contributed by atoms with E-state index in [2.05, 4.69) is 46.4 Å². The normalized spacial score (nSPS) is 21.0. The van der Waals surface area contributed by atoms with Crippen LogP contribution in [0.25, 0.3) is 0 Å². The molecule has 1 unspecified atom stereocenters. The standard InChI is InChI=1S/C23H32N4O2S/c1-19-8-4-5-13-26(19)18-21-10-3-2-9-20(21)16-24-23-12-11-22(17-25-23)30(28,29)27-14-6-7-15-27/h2-3,9-12,17,19H,4-8,13-16,18H2,1H3,(H,24,25). The van der Waals surface area contributed by atoms with Crippen LogP contribution in [0.4, 0.5) is 5.82 Å². The summed E-state index contributed by atoms with van der Waals surface area (Å²) >= 11 is 0. The summed E-state index contributed by atoms with van der Waals surface area (Å²) in [6, 6.07) is 12.6. The third kappa shape index (κ3) is 4.85. The molecule has 2 aliphatic heterocycles. The summed E-state index contributed by atoms with van der Waals surface area (Å²) in [5.74, 6) is 0.691. The molecule has 1 aromatic heterocycles. The maximum atomic E-state index is 12.6. The van der Waals surface area contributed by atoms with Crippen molar-refractivity contribution in [2.45, 2.75) is 63.1 Å². The van der Waals surface area contributed by atoms with E-state index in [1.54, 1.807) is 16.4 Å². The van der Waals surface area contributed by atoms with E-state index in [1.807, 2.05) is 0 Å². The monoisotopic (exact) mass is 428 g/mol. The first-order valence-electron chi connectivity index (χ1n) is 11.0. The number of piperidine rings is 1. The fourth-order valence-corrected chi connectivity index (χ4v) is 5.86. The van der Waals surface area contributed by atoms with Crippen molar-refractivity contribution in [3.8, 4) is 0 Å². The lowest BCUT2D eigenvalue weighted by atomic mass is 10.0. The Morgan fingerprint density at radius 3 is 2.43 bits per heavy atom. The van der Waals surface area contributed by atoms with Crippen LogP contribution < -0.4 is 5.32 Å². The van der Waals surface area contributed by atoms with Gasteiger partial charge in [0.1, 0.15) is 10.7 Å². The summed E-state index contributed by atoms with van der Waals surface area (Å²) in [4.78, 5) is 7.20. The van der Waals surface area contributed by atoms with Gasteiger partial charge >= 0.3 is 0 Å². The fourth-order valence-electron chi connectivity index (χ4n) is 4.40. The van der Waals surface area contributed by atoms with Crippen LogP contribution in [0.1, 0.15) is 50.2 Å². The minimum Gasteiger partial charge on any atom is -0.366 e. The zero-order chi connectivity index (χ0) is 21.0. The van der Waals surface area contributed by atoms with Crippen LogP contribution in [-0.2, 0) is 23.1 Å². The second-order valence-corrected chi connectivity index (χ2v) is 10.4. The lowest BCUT2D eigenvalue weighted by Gasteiger charge is -2.33. The molecule has 0 amide bonds. The van der Waals surface area contributed by atoms with Crippen molar-refractivity contribution in [1.82, 2.24) is 14.2 Å². The Labute approximate surface area is 180 Å². The Morgan fingerprint density at radius 2 is 1.73 bits per heavy atom. The molecule has 0 saturated carbocycles. The SMILES string of the molecule is CC1CCCCN1Cc1ccccc1CNc1ccc(S(=O)(=O)N2CCCC2)cn1. The summed E-state index contributed by atoms with van der Waals surface area (Å²) in [7, 11) is -3.41. The molecule has 0 radical (unpaired) electrons. The molecule has 0 aliphatic carbocycles. The van der Waals surface area contributed by atoms with E-state index >= 15 is 0 Å². The summed E-state index contributed by atoms with van der Waals surface area (Å²) in [6.07, 6.45) is 7.22. The highest BCUT2D eigenvalue weighted by atomic mass is 32.2. The van der Waals surface area contributed by atoms with Gasteiger partial charge in [0, 0.05) is 38.4 Å². The van der Waals surface area contributed by atoms with Crippen molar-refractivity contribution in [3.63, 3.8) is 0 Å². The Kier molecular flexibility index (Phi) is 6.71. The van der Waals surface area contributed by atoms with Crippen LogP contribution in [0.5, 0.6) is 0 Å². The van der Waals surface area contributed by atoms with Crippen LogP contribution >= 0.6 is 0 Å². The number of benzene rings is 1. The molecule has 7 heteroatoms. The van der Waals surface area contributed by atoms with Gasteiger partial charge < -0.3 is 5.32 Å². The average Bonchev–Trinajstić information content (AvgIpc) is 3.31. The minimum absolute atomic E-state index is 0.273. The number of anilines is 1. The molecule has 1 aromatic carbocycles. The number of nitrogens with one attached hydrogen (secondary N) is 1. The van der Waals surface area contributed by atoms with Gasteiger partial charge in [0.15, 0.2) is 0 Å². The molecule has 1 N–H and O–H groups in total. The number of pyridine rings is 1. The van der Waals surface area contributed by atoms with Gasteiger partial charge in [-0.1, -0.05) is 30.7 Å². The first kappa shape index (κ1) is 21.3. The molecule has 2 aliphatic rings. The largest absolute Gasteiger partial charge is 0.366 e. The molecule has 0 bridgehead atoms. The highest BCUT2D eigenvalue weighted by molar-refractivity contribution is 7.89. The molecule has 2 saturated heterocycles. The second-order valence-electron chi connectivity index (χ2n) is 8.43. The average molecular weight is 429 g/mol. The predicted molar refractivity (Wildman–Crippen MR) is 120 cm³/mol. The molecule has 162 valence electrons. The van der Waals surface area contributed by atoms with Crippen molar-refractivity contribution < 1.29 is 8.42 Å². The van der Waals surface area contributed by atoms with E-state index in [0.717, 1.165) is 25.9 Å². The van der Waals surface area contributed by atoms with Gasteiger partial charge in [-0.15, -0.1) is 0 Å². The molecule has 2 fully saturated rings. The van der Waals surface area contributed by atoms with Gasteiger partial charge in [-0.05, 0) is 62.4 Å². The Morgan fingerprint density at radius 1 is 1.00 bits per heavy atom. The van der Waals surface area contributed by atoms with Crippen molar-refractivity contribution >= 4 is 15.8 Å². The van der Waals surface area contributed by atoms with E-state index in [0.29, 0.717) is 31.5 Å². The highest BCUT2D eigenvalue weighted by Crippen LogP contribution is 2.23. The van der Waals surface area contributed by atoms with Crippen LogP contribution in [-0.4, -0.2) is 48.3 Å². The topological polar surface area (TPSA) is 65.5 Å². The van der Waals surface area contributed by atoms with E-state index in [1.165, 1.54) is 36.6 Å². The summed E-state index contributed by atoms with van der Waals surface area (Å²) < 4.78 is 26.8.